The molecular formula is C15H28N4. The molecule has 1 aliphatic heterocycles. The molecule has 3 unspecified atom stereocenters. The number of nitrogens with two attached hydrogens (primary N) is 1. The van der Waals surface area contributed by atoms with Gasteiger partial charge < -0.3 is 5.73 Å². The van der Waals surface area contributed by atoms with Crippen molar-refractivity contribution in [1.29, 1.82) is 0 Å². The van der Waals surface area contributed by atoms with Crippen molar-refractivity contribution in [3.05, 3.63) is 17.0 Å². The second-order valence-electron chi connectivity index (χ2n) is 6.00. The Hall–Kier alpha value is -0.870. The molecule has 0 amide bonds. The highest BCUT2D eigenvalue weighted by atomic mass is 15.3. The van der Waals surface area contributed by atoms with Crippen LogP contribution >= 0.6 is 0 Å². The van der Waals surface area contributed by atoms with Crippen LogP contribution in [0.3, 0.4) is 0 Å². The Morgan fingerprint density at radius 3 is 2.58 bits per heavy atom. The zero-order chi connectivity index (χ0) is 14.2. The maximum absolute atomic E-state index is 5.99. The predicted molar refractivity (Wildman–Crippen MR) is 79.1 cm³/mol. The van der Waals surface area contributed by atoms with E-state index in [0.717, 1.165) is 12.2 Å². The van der Waals surface area contributed by atoms with Crippen LogP contribution in [0.1, 0.15) is 56.1 Å². The number of nitrogens with zero attached hydrogens (tertiary/aromatic N) is 3. The SMILES string of the molecule is Cc1nn(C)c(C)c1C(C)N1C(C)CCCC1CN. The average molecular weight is 264 g/mol. The molecule has 4 heteroatoms. The molecule has 1 aliphatic rings. The molecule has 2 heterocycles. The Morgan fingerprint density at radius 1 is 1.37 bits per heavy atom. The first-order valence-electron chi connectivity index (χ1n) is 7.45. The summed E-state index contributed by atoms with van der Waals surface area (Å²) in [6, 6.07) is 1.52. The van der Waals surface area contributed by atoms with Crippen molar-refractivity contribution in [3.63, 3.8) is 0 Å². The van der Waals surface area contributed by atoms with E-state index in [1.54, 1.807) is 0 Å². The van der Waals surface area contributed by atoms with Crippen LogP contribution < -0.4 is 5.73 Å². The Labute approximate surface area is 117 Å². The summed E-state index contributed by atoms with van der Waals surface area (Å²) in [7, 11) is 2.03. The van der Waals surface area contributed by atoms with Crippen molar-refractivity contribution in [2.24, 2.45) is 12.8 Å². The van der Waals surface area contributed by atoms with Gasteiger partial charge in [0.05, 0.1) is 5.69 Å². The van der Waals surface area contributed by atoms with Crippen molar-refractivity contribution < 1.29 is 0 Å². The molecule has 0 saturated carbocycles. The zero-order valence-electron chi connectivity index (χ0n) is 13.0. The van der Waals surface area contributed by atoms with E-state index in [1.807, 2.05) is 11.7 Å². The highest BCUT2D eigenvalue weighted by Gasteiger charge is 2.33. The van der Waals surface area contributed by atoms with Crippen molar-refractivity contribution in [2.75, 3.05) is 6.54 Å². The number of rotatable bonds is 3. The molecule has 2 N–H and O–H groups in total. The number of aryl methyl sites for hydroxylation is 2. The summed E-state index contributed by atoms with van der Waals surface area (Å²) in [6.07, 6.45) is 3.81. The van der Waals surface area contributed by atoms with E-state index >= 15 is 0 Å². The van der Waals surface area contributed by atoms with Crippen LogP contribution in [0.2, 0.25) is 0 Å². The van der Waals surface area contributed by atoms with Crippen LogP contribution in [0, 0.1) is 13.8 Å². The normalized spacial score (nSPS) is 26.6. The number of likely N-dealkylation sites (tertiary alicyclic amines) is 1. The minimum Gasteiger partial charge on any atom is -0.329 e. The van der Waals surface area contributed by atoms with E-state index in [9.17, 15) is 0 Å². The van der Waals surface area contributed by atoms with Gasteiger partial charge in [-0.1, -0.05) is 6.42 Å². The van der Waals surface area contributed by atoms with E-state index in [-0.39, 0.29) is 0 Å². The van der Waals surface area contributed by atoms with Gasteiger partial charge in [0.1, 0.15) is 0 Å². The Morgan fingerprint density at radius 2 is 2.05 bits per heavy atom. The van der Waals surface area contributed by atoms with E-state index in [1.165, 1.54) is 30.5 Å². The lowest BCUT2D eigenvalue weighted by atomic mass is 9.92. The molecule has 0 radical (unpaired) electrons. The minimum atomic E-state index is 0.401. The molecule has 0 bridgehead atoms. The van der Waals surface area contributed by atoms with Gasteiger partial charge in [-0.3, -0.25) is 9.58 Å². The molecule has 0 aromatic carbocycles. The van der Waals surface area contributed by atoms with Crippen LogP contribution in [-0.2, 0) is 7.05 Å². The minimum absolute atomic E-state index is 0.401. The third kappa shape index (κ3) is 2.56. The lowest BCUT2D eigenvalue weighted by Gasteiger charge is -2.44. The van der Waals surface area contributed by atoms with Gasteiger partial charge in [-0.05, 0) is 40.5 Å². The summed E-state index contributed by atoms with van der Waals surface area (Å²) < 4.78 is 1.99. The van der Waals surface area contributed by atoms with Crippen LogP contribution in [-0.4, -0.2) is 33.3 Å². The van der Waals surface area contributed by atoms with Crippen LogP contribution in [0.4, 0.5) is 0 Å². The first kappa shape index (κ1) is 14.5. The number of aromatic nitrogens is 2. The van der Waals surface area contributed by atoms with E-state index in [4.69, 9.17) is 5.73 Å². The fraction of sp³-hybridized carbons (Fsp3) is 0.800. The second-order valence-corrected chi connectivity index (χ2v) is 6.00. The summed E-state index contributed by atoms with van der Waals surface area (Å²) in [6.45, 7) is 9.68. The second kappa shape index (κ2) is 5.63. The van der Waals surface area contributed by atoms with Gasteiger partial charge in [0.15, 0.2) is 0 Å². The van der Waals surface area contributed by atoms with Gasteiger partial charge in [0, 0.05) is 43.0 Å². The standard InChI is InChI=1S/C15H28N4/c1-10-7-6-8-14(9-16)19(10)13(4)15-11(2)17-18(5)12(15)3/h10,13-14H,6-9,16H2,1-5H3. The largest absolute Gasteiger partial charge is 0.329 e. The van der Waals surface area contributed by atoms with Crippen LogP contribution in [0.15, 0.2) is 0 Å². The van der Waals surface area contributed by atoms with Gasteiger partial charge in [-0.2, -0.15) is 5.10 Å². The number of hydrogen-bond acceptors (Lipinski definition) is 3. The monoisotopic (exact) mass is 264 g/mol. The predicted octanol–water partition coefficient (Wildman–Crippen LogP) is 2.30. The Bertz CT molecular complexity index is 438. The Kier molecular flexibility index (Phi) is 4.31. The fourth-order valence-corrected chi connectivity index (χ4v) is 3.79. The molecule has 2 rings (SSSR count). The molecule has 0 spiro atoms. The van der Waals surface area contributed by atoms with Crippen LogP contribution in [0.5, 0.6) is 0 Å². The fourth-order valence-electron chi connectivity index (χ4n) is 3.79. The summed E-state index contributed by atoms with van der Waals surface area (Å²) in [5, 5.41) is 4.56. The zero-order valence-corrected chi connectivity index (χ0v) is 13.0. The molecule has 3 atom stereocenters. The topological polar surface area (TPSA) is 47.1 Å². The molecule has 0 aliphatic carbocycles. The van der Waals surface area contributed by atoms with Gasteiger partial charge in [0.25, 0.3) is 0 Å². The summed E-state index contributed by atoms with van der Waals surface area (Å²) in [5.74, 6) is 0. The van der Waals surface area contributed by atoms with Crippen molar-refractivity contribution in [3.8, 4) is 0 Å². The summed E-state index contributed by atoms with van der Waals surface area (Å²) in [4.78, 5) is 2.61. The molecule has 108 valence electrons. The first-order valence-corrected chi connectivity index (χ1v) is 7.45. The molecule has 19 heavy (non-hydrogen) atoms. The van der Waals surface area contributed by atoms with Crippen molar-refractivity contribution in [1.82, 2.24) is 14.7 Å². The number of hydrogen-bond donors (Lipinski definition) is 1. The first-order chi connectivity index (χ1) is 8.97. The maximum Gasteiger partial charge on any atom is 0.0644 e. The number of piperidine rings is 1. The lowest BCUT2D eigenvalue weighted by molar-refractivity contribution is 0.0565. The van der Waals surface area contributed by atoms with Crippen LogP contribution in [0.25, 0.3) is 0 Å². The highest BCUT2D eigenvalue weighted by Crippen LogP contribution is 2.34. The van der Waals surface area contributed by atoms with Gasteiger partial charge in [-0.15, -0.1) is 0 Å². The lowest BCUT2D eigenvalue weighted by Crippen LogP contribution is -2.49. The molecule has 1 fully saturated rings. The quantitative estimate of drug-likeness (QED) is 0.911. The molecule has 1 aromatic rings. The molecular weight excluding hydrogens is 236 g/mol. The molecule has 4 nitrogen and oxygen atoms in total. The van der Waals surface area contributed by atoms with Crippen molar-refractivity contribution in [2.45, 2.75) is 65.1 Å². The van der Waals surface area contributed by atoms with E-state index in [0.29, 0.717) is 18.1 Å². The average Bonchev–Trinajstić information content (AvgIpc) is 2.62. The third-order valence-corrected chi connectivity index (χ3v) is 4.79. The van der Waals surface area contributed by atoms with Gasteiger partial charge in [0.2, 0.25) is 0 Å². The van der Waals surface area contributed by atoms with Gasteiger partial charge >= 0.3 is 0 Å². The Balaban J connectivity index is 2.33. The van der Waals surface area contributed by atoms with Crippen molar-refractivity contribution >= 4 is 0 Å². The summed E-state index contributed by atoms with van der Waals surface area (Å²) in [5.41, 5.74) is 9.80. The maximum atomic E-state index is 5.99. The third-order valence-electron chi connectivity index (χ3n) is 4.79. The summed E-state index contributed by atoms with van der Waals surface area (Å²) >= 11 is 0. The molecule has 1 saturated heterocycles. The van der Waals surface area contributed by atoms with Gasteiger partial charge in [-0.25, -0.2) is 0 Å². The highest BCUT2D eigenvalue weighted by molar-refractivity contribution is 5.28. The van der Waals surface area contributed by atoms with E-state index in [2.05, 4.69) is 37.7 Å². The molecule has 1 aromatic heterocycles. The smallest absolute Gasteiger partial charge is 0.0644 e. The van der Waals surface area contributed by atoms with E-state index < -0.39 is 0 Å².